The molecule has 41 heavy (non-hydrogen) atoms. The van der Waals surface area contributed by atoms with E-state index in [9.17, 15) is 9.59 Å². The standard InChI is InChI=1S/C32H26Cl4N2O3/c1-15-6-7-16(2)29(26-14-27(39)22-10-20(33)12-24(35)30(22)37-26)28(15)19(5)41-32(40)23-11-21(34)13-25(36)31(23)38-17(3)8-9-18(38)4/h6-14,19H,1-5H3,(H,37,39)/t19-/m1/s1. The number of hydrogen-bond donors (Lipinski definition) is 1. The lowest BCUT2D eigenvalue weighted by atomic mass is 9.91. The van der Waals surface area contributed by atoms with Crippen molar-refractivity contribution in [2.24, 2.45) is 0 Å². The molecule has 0 bridgehead atoms. The largest absolute Gasteiger partial charge is 0.454 e. The van der Waals surface area contributed by atoms with E-state index in [1.165, 1.54) is 6.07 Å². The Kier molecular flexibility index (Phi) is 8.01. The van der Waals surface area contributed by atoms with Gasteiger partial charge in [-0.2, -0.15) is 0 Å². The fraction of sp³-hybridized carbons (Fsp3) is 0.188. The summed E-state index contributed by atoms with van der Waals surface area (Å²) in [6.07, 6.45) is -0.699. The first-order chi connectivity index (χ1) is 19.4. The second-order valence-corrected chi connectivity index (χ2v) is 11.8. The molecule has 0 aliphatic rings. The zero-order chi connectivity index (χ0) is 29.7. The second kappa shape index (κ2) is 11.2. The first-order valence-corrected chi connectivity index (χ1v) is 14.4. The van der Waals surface area contributed by atoms with E-state index in [2.05, 4.69) is 4.98 Å². The van der Waals surface area contributed by atoms with Crippen LogP contribution in [0.1, 0.15) is 51.5 Å². The number of aromatic nitrogens is 2. The summed E-state index contributed by atoms with van der Waals surface area (Å²) in [4.78, 5) is 30.2. The van der Waals surface area contributed by atoms with Gasteiger partial charge in [-0.1, -0.05) is 58.5 Å². The van der Waals surface area contributed by atoms with E-state index in [4.69, 9.17) is 51.1 Å². The lowest BCUT2D eigenvalue weighted by Crippen LogP contribution is -2.16. The third kappa shape index (κ3) is 5.40. The molecule has 3 aromatic carbocycles. The van der Waals surface area contributed by atoms with Gasteiger partial charge in [0.05, 0.1) is 32.5 Å². The molecule has 9 heteroatoms. The molecule has 0 saturated heterocycles. The van der Waals surface area contributed by atoms with Crippen molar-refractivity contribution in [3.63, 3.8) is 0 Å². The van der Waals surface area contributed by atoms with E-state index in [0.717, 1.165) is 33.6 Å². The van der Waals surface area contributed by atoms with Crippen LogP contribution in [-0.4, -0.2) is 15.5 Å². The summed E-state index contributed by atoms with van der Waals surface area (Å²) in [6, 6.07) is 15.7. The van der Waals surface area contributed by atoms with E-state index in [1.807, 2.05) is 56.5 Å². The van der Waals surface area contributed by atoms with Gasteiger partial charge >= 0.3 is 5.97 Å². The molecule has 210 valence electrons. The van der Waals surface area contributed by atoms with Crippen molar-refractivity contribution in [1.82, 2.24) is 9.55 Å². The average molecular weight is 628 g/mol. The number of pyridine rings is 1. The van der Waals surface area contributed by atoms with Crippen LogP contribution < -0.4 is 5.43 Å². The minimum absolute atomic E-state index is 0.231. The maximum absolute atomic E-state index is 13.8. The SMILES string of the molecule is Cc1ccc(C)c([C@@H](C)OC(=O)c2cc(Cl)cc(Cl)c2-n2c(C)ccc2C)c1-c1cc(=O)c2cc(Cl)cc(Cl)c2[nH]1. The molecule has 0 aliphatic heterocycles. The van der Waals surface area contributed by atoms with Gasteiger partial charge in [0.15, 0.2) is 5.43 Å². The Morgan fingerprint density at radius 2 is 1.44 bits per heavy atom. The monoisotopic (exact) mass is 626 g/mol. The normalized spacial score (nSPS) is 12.1. The number of rotatable bonds is 5. The van der Waals surface area contributed by atoms with Crippen LogP contribution in [0.5, 0.6) is 0 Å². The number of ether oxygens (including phenoxy) is 1. The summed E-state index contributed by atoms with van der Waals surface area (Å²) < 4.78 is 8.00. The van der Waals surface area contributed by atoms with E-state index < -0.39 is 12.1 Å². The van der Waals surface area contributed by atoms with E-state index in [0.29, 0.717) is 42.4 Å². The smallest absolute Gasteiger partial charge is 0.340 e. The molecule has 0 amide bonds. The summed E-state index contributed by atoms with van der Waals surface area (Å²) in [5, 5.41) is 1.74. The Hall–Kier alpha value is -3.22. The highest BCUT2D eigenvalue weighted by Gasteiger charge is 2.26. The van der Waals surface area contributed by atoms with Crippen LogP contribution in [-0.2, 0) is 4.74 Å². The van der Waals surface area contributed by atoms with Crippen LogP contribution in [0.2, 0.25) is 20.1 Å². The molecule has 1 atom stereocenters. The molecule has 0 saturated carbocycles. The number of H-pyrrole nitrogens is 1. The highest BCUT2D eigenvalue weighted by molar-refractivity contribution is 6.38. The summed E-state index contributed by atoms with van der Waals surface area (Å²) in [5.74, 6) is -0.582. The molecule has 5 rings (SSSR count). The van der Waals surface area contributed by atoms with E-state index in [-0.39, 0.29) is 11.0 Å². The number of carbonyl (C=O) groups excluding carboxylic acids is 1. The fourth-order valence-corrected chi connectivity index (χ4v) is 6.49. The zero-order valence-corrected chi connectivity index (χ0v) is 26.0. The maximum Gasteiger partial charge on any atom is 0.340 e. The molecule has 5 aromatic rings. The number of nitrogens with zero attached hydrogens (tertiary/aromatic N) is 1. The van der Waals surface area contributed by atoms with E-state index >= 15 is 0 Å². The second-order valence-electron chi connectivity index (χ2n) is 10.1. The Labute approximate surface area is 257 Å². The molecule has 5 nitrogen and oxygen atoms in total. The van der Waals surface area contributed by atoms with Crippen molar-refractivity contribution >= 4 is 63.3 Å². The minimum atomic E-state index is -0.699. The summed E-state index contributed by atoms with van der Waals surface area (Å²) >= 11 is 25.6. The third-order valence-corrected chi connectivity index (χ3v) is 8.25. The number of nitrogens with one attached hydrogen (secondary N) is 1. The van der Waals surface area contributed by atoms with Crippen LogP contribution >= 0.6 is 46.4 Å². The Balaban J connectivity index is 1.62. The first-order valence-electron chi connectivity index (χ1n) is 12.8. The van der Waals surface area contributed by atoms with Gasteiger partial charge in [-0.05, 0) is 82.1 Å². The van der Waals surface area contributed by atoms with Crippen LogP contribution in [0.15, 0.2) is 59.4 Å². The van der Waals surface area contributed by atoms with Crippen molar-refractivity contribution in [3.05, 3.63) is 119 Å². The van der Waals surface area contributed by atoms with Crippen molar-refractivity contribution in [2.75, 3.05) is 0 Å². The maximum atomic E-state index is 13.8. The zero-order valence-electron chi connectivity index (χ0n) is 23.0. The minimum Gasteiger partial charge on any atom is -0.454 e. The Morgan fingerprint density at radius 1 is 0.829 bits per heavy atom. The first kappa shape index (κ1) is 29.3. The molecule has 0 aliphatic carbocycles. The van der Waals surface area contributed by atoms with Crippen LogP contribution in [0, 0.1) is 27.7 Å². The van der Waals surface area contributed by atoms with Crippen LogP contribution in [0.4, 0.5) is 0 Å². The lowest BCUT2D eigenvalue weighted by molar-refractivity contribution is 0.0338. The molecule has 0 spiro atoms. The highest BCUT2D eigenvalue weighted by Crippen LogP contribution is 2.38. The topological polar surface area (TPSA) is 64.1 Å². The van der Waals surface area contributed by atoms with Crippen molar-refractivity contribution in [1.29, 1.82) is 0 Å². The van der Waals surface area contributed by atoms with Gasteiger partial charge in [0, 0.05) is 44.0 Å². The molecule has 1 N–H and O–H groups in total. The number of benzene rings is 3. The van der Waals surface area contributed by atoms with Gasteiger partial charge in [0.2, 0.25) is 0 Å². The quantitative estimate of drug-likeness (QED) is 0.197. The molecule has 0 unspecified atom stereocenters. The number of halogens is 4. The molecule has 2 heterocycles. The van der Waals surface area contributed by atoms with Gasteiger partial charge in [-0.15, -0.1) is 0 Å². The predicted molar refractivity (Wildman–Crippen MR) is 169 cm³/mol. The van der Waals surface area contributed by atoms with Gasteiger partial charge in [-0.3, -0.25) is 4.79 Å². The number of aryl methyl sites for hydroxylation is 4. The van der Waals surface area contributed by atoms with Gasteiger partial charge in [0.1, 0.15) is 6.10 Å². The lowest BCUT2D eigenvalue weighted by Gasteiger charge is -2.23. The number of aromatic amines is 1. The highest BCUT2D eigenvalue weighted by atomic mass is 35.5. The number of carbonyl (C=O) groups is 1. The molecule has 2 aromatic heterocycles. The van der Waals surface area contributed by atoms with Crippen molar-refractivity contribution in [3.8, 4) is 16.9 Å². The predicted octanol–water partition coefficient (Wildman–Crippen LogP) is 9.75. The Bertz CT molecular complexity index is 1900. The van der Waals surface area contributed by atoms with Gasteiger partial charge < -0.3 is 14.3 Å². The van der Waals surface area contributed by atoms with Crippen molar-refractivity contribution in [2.45, 2.75) is 40.7 Å². The number of hydrogen-bond acceptors (Lipinski definition) is 3. The average Bonchev–Trinajstić information content (AvgIpc) is 3.22. The summed E-state index contributed by atoms with van der Waals surface area (Å²) in [5.41, 5.74) is 6.63. The van der Waals surface area contributed by atoms with Gasteiger partial charge in [0.25, 0.3) is 0 Å². The number of esters is 1. The summed E-state index contributed by atoms with van der Waals surface area (Å²) in [6.45, 7) is 9.53. The van der Waals surface area contributed by atoms with Gasteiger partial charge in [-0.25, -0.2) is 4.79 Å². The van der Waals surface area contributed by atoms with Crippen LogP contribution in [0.3, 0.4) is 0 Å². The van der Waals surface area contributed by atoms with E-state index in [1.54, 1.807) is 31.2 Å². The molecular weight excluding hydrogens is 602 g/mol. The molecule has 0 radical (unpaired) electrons. The Morgan fingerprint density at radius 3 is 2.12 bits per heavy atom. The fourth-order valence-electron chi connectivity index (χ4n) is 5.38. The molecular formula is C32H26Cl4N2O3. The third-order valence-electron chi connectivity index (χ3n) is 7.23. The summed E-state index contributed by atoms with van der Waals surface area (Å²) in [7, 11) is 0. The van der Waals surface area contributed by atoms with Crippen LogP contribution in [0.25, 0.3) is 27.8 Å². The molecule has 0 fully saturated rings. The van der Waals surface area contributed by atoms with Crippen molar-refractivity contribution < 1.29 is 9.53 Å². The number of fused-ring (bicyclic) bond motifs is 1.